The van der Waals surface area contributed by atoms with Crippen molar-refractivity contribution in [1.82, 2.24) is 9.55 Å². The number of esters is 1. The Morgan fingerprint density at radius 1 is 1.39 bits per heavy atom. The molecule has 2 rings (SSSR count). The van der Waals surface area contributed by atoms with Crippen molar-refractivity contribution in [3.8, 4) is 0 Å². The fourth-order valence-corrected chi connectivity index (χ4v) is 1.67. The Morgan fingerprint density at radius 3 is 2.78 bits per heavy atom. The summed E-state index contributed by atoms with van der Waals surface area (Å²) in [4.78, 5) is 26.7. The van der Waals surface area contributed by atoms with Gasteiger partial charge in [0, 0.05) is 12.7 Å². The molecule has 6 heteroatoms. The zero-order chi connectivity index (χ0) is 13.3. The molecule has 1 aromatic carbocycles. The summed E-state index contributed by atoms with van der Waals surface area (Å²) in [7, 11) is 3.07. The highest BCUT2D eigenvalue weighted by molar-refractivity contribution is 6.37. The second-order valence-electron chi connectivity index (χ2n) is 3.87. The number of fused-ring (bicyclic) bond motifs is 1. The summed E-state index contributed by atoms with van der Waals surface area (Å²) in [5.41, 5.74) is 2.23. The summed E-state index contributed by atoms with van der Waals surface area (Å²) < 4.78 is 6.27. The molecule has 2 aromatic rings. The summed E-state index contributed by atoms with van der Waals surface area (Å²) in [6.45, 7) is 1.90. The van der Waals surface area contributed by atoms with Gasteiger partial charge in [0.2, 0.25) is 0 Å². The van der Waals surface area contributed by atoms with Gasteiger partial charge in [0.25, 0.3) is 0 Å². The van der Waals surface area contributed by atoms with Crippen LogP contribution in [0.3, 0.4) is 0 Å². The average molecular weight is 247 g/mol. The number of aromatic nitrogens is 2. The smallest absolute Gasteiger partial charge is 0.396 e. The number of imidazole rings is 1. The number of ether oxygens (including phenoxy) is 1. The van der Waals surface area contributed by atoms with E-state index in [1.165, 1.54) is 0 Å². The monoisotopic (exact) mass is 247 g/mol. The molecule has 94 valence electrons. The van der Waals surface area contributed by atoms with Crippen LogP contribution >= 0.6 is 0 Å². The Labute approximate surface area is 104 Å². The van der Waals surface area contributed by atoms with Crippen molar-refractivity contribution in [3.05, 3.63) is 24.0 Å². The van der Waals surface area contributed by atoms with Gasteiger partial charge in [-0.25, -0.2) is 9.78 Å². The van der Waals surface area contributed by atoms with E-state index < -0.39 is 11.9 Å². The number of methoxy groups -OCH3 is 1. The zero-order valence-electron chi connectivity index (χ0n) is 10.4. The van der Waals surface area contributed by atoms with Gasteiger partial charge in [-0.05, 0) is 25.1 Å². The van der Waals surface area contributed by atoms with Crippen LogP contribution in [-0.2, 0) is 21.4 Å². The number of carbonyl (C=O) groups is 2. The number of amides is 1. The molecule has 0 bridgehead atoms. The van der Waals surface area contributed by atoms with Crippen LogP contribution in [0, 0.1) is 6.92 Å². The van der Waals surface area contributed by atoms with Crippen LogP contribution in [0.15, 0.2) is 18.2 Å². The predicted octanol–water partition coefficient (Wildman–Crippen LogP) is 0.993. The first-order valence-corrected chi connectivity index (χ1v) is 5.35. The maximum absolute atomic E-state index is 11.3. The summed E-state index contributed by atoms with van der Waals surface area (Å²) in [6.07, 6.45) is 0. The third-order valence-corrected chi connectivity index (χ3v) is 2.73. The average Bonchev–Trinajstić information content (AvgIpc) is 2.63. The van der Waals surface area contributed by atoms with Gasteiger partial charge in [0.1, 0.15) is 5.82 Å². The van der Waals surface area contributed by atoms with Crippen LogP contribution in [0.2, 0.25) is 0 Å². The normalized spacial score (nSPS) is 10.4. The molecule has 0 saturated heterocycles. The molecule has 6 nitrogen and oxygen atoms in total. The summed E-state index contributed by atoms with van der Waals surface area (Å²) >= 11 is 0. The molecule has 0 saturated carbocycles. The Morgan fingerprint density at radius 2 is 2.11 bits per heavy atom. The SMILES string of the molecule is COC(=O)C(=O)Nc1ccc2c(c1)nc(C)n2C. The van der Waals surface area contributed by atoms with Gasteiger partial charge in [-0.1, -0.05) is 0 Å². The number of nitrogens with zero attached hydrogens (tertiary/aromatic N) is 2. The van der Waals surface area contributed by atoms with E-state index in [1.54, 1.807) is 12.1 Å². The van der Waals surface area contributed by atoms with Crippen molar-refractivity contribution >= 4 is 28.6 Å². The lowest BCUT2D eigenvalue weighted by atomic mass is 10.2. The fraction of sp³-hybridized carbons (Fsp3) is 0.250. The number of nitrogens with one attached hydrogen (secondary N) is 1. The van der Waals surface area contributed by atoms with Gasteiger partial charge < -0.3 is 14.6 Å². The molecule has 1 amide bonds. The highest BCUT2D eigenvalue weighted by atomic mass is 16.5. The van der Waals surface area contributed by atoms with Gasteiger partial charge in [-0.15, -0.1) is 0 Å². The minimum atomic E-state index is -0.924. The molecule has 0 unspecified atom stereocenters. The van der Waals surface area contributed by atoms with E-state index in [2.05, 4.69) is 15.0 Å². The topological polar surface area (TPSA) is 73.2 Å². The largest absolute Gasteiger partial charge is 0.462 e. The molecule has 0 atom stereocenters. The summed E-state index contributed by atoms with van der Waals surface area (Å²) in [5, 5.41) is 2.45. The molecular weight excluding hydrogens is 234 g/mol. The molecule has 0 aliphatic rings. The van der Waals surface area contributed by atoms with Crippen molar-refractivity contribution in [2.45, 2.75) is 6.92 Å². The third-order valence-electron chi connectivity index (χ3n) is 2.73. The molecule has 18 heavy (non-hydrogen) atoms. The Kier molecular flexibility index (Phi) is 3.01. The maximum atomic E-state index is 11.3. The van der Waals surface area contributed by atoms with Crippen LogP contribution in [0.5, 0.6) is 0 Å². The first kappa shape index (κ1) is 12.1. The van der Waals surface area contributed by atoms with Gasteiger partial charge >= 0.3 is 11.9 Å². The molecule has 0 radical (unpaired) electrons. The molecule has 1 N–H and O–H groups in total. The minimum Gasteiger partial charge on any atom is -0.462 e. The van der Waals surface area contributed by atoms with Crippen molar-refractivity contribution in [1.29, 1.82) is 0 Å². The summed E-state index contributed by atoms with van der Waals surface area (Å²) in [6, 6.07) is 5.26. The standard InChI is InChI=1S/C12H13N3O3/c1-7-13-9-6-8(4-5-10(9)15(7)2)14-11(16)12(17)18-3/h4-6H,1-3H3,(H,14,16). The number of aryl methyl sites for hydroxylation is 2. The molecule has 1 heterocycles. The van der Waals surface area contributed by atoms with Crippen LogP contribution in [0.25, 0.3) is 11.0 Å². The quantitative estimate of drug-likeness (QED) is 0.602. The van der Waals surface area contributed by atoms with E-state index in [-0.39, 0.29) is 0 Å². The van der Waals surface area contributed by atoms with Crippen LogP contribution in [0.1, 0.15) is 5.82 Å². The lowest BCUT2D eigenvalue weighted by Gasteiger charge is -2.03. The van der Waals surface area contributed by atoms with E-state index in [0.717, 1.165) is 24.0 Å². The molecule has 0 aliphatic heterocycles. The Balaban J connectivity index is 2.31. The summed E-state index contributed by atoms with van der Waals surface area (Å²) in [5.74, 6) is -0.849. The van der Waals surface area contributed by atoms with E-state index >= 15 is 0 Å². The van der Waals surface area contributed by atoms with Crippen LogP contribution in [-0.4, -0.2) is 28.5 Å². The van der Waals surface area contributed by atoms with Crippen molar-refractivity contribution in [2.24, 2.45) is 7.05 Å². The maximum Gasteiger partial charge on any atom is 0.396 e. The van der Waals surface area contributed by atoms with E-state index in [0.29, 0.717) is 5.69 Å². The van der Waals surface area contributed by atoms with Gasteiger partial charge in [0.05, 0.1) is 18.1 Å². The fourth-order valence-electron chi connectivity index (χ4n) is 1.67. The predicted molar refractivity (Wildman–Crippen MR) is 66.1 cm³/mol. The van der Waals surface area contributed by atoms with Gasteiger partial charge in [-0.2, -0.15) is 0 Å². The number of benzene rings is 1. The minimum absolute atomic E-state index is 0.510. The lowest BCUT2D eigenvalue weighted by molar-refractivity contribution is -0.150. The molecule has 0 fully saturated rings. The van der Waals surface area contributed by atoms with Crippen molar-refractivity contribution in [2.75, 3.05) is 12.4 Å². The number of hydrogen-bond acceptors (Lipinski definition) is 4. The first-order valence-electron chi connectivity index (χ1n) is 5.35. The van der Waals surface area contributed by atoms with E-state index in [9.17, 15) is 9.59 Å². The molecular formula is C12H13N3O3. The number of rotatable bonds is 1. The second-order valence-corrected chi connectivity index (χ2v) is 3.87. The molecule has 0 aliphatic carbocycles. The second kappa shape index (κ2) is 4.48. The van der Waals surface area contributed by atoms with Gasteiger partial charge in [-0.3, -0.25) is 4.79 Å². The number of carbonyl (C=O) groups excluding carboxylic acids is 2. The Hall–Kier alpha value is -2.37. The Bertz CT molecular complexity index is 631. The molecule has 0 spiro atoms. The van der Waals surface area contributed by atoms with Crippen LogP contribution in [0.4, 0.5) is 5.69 Å². The number of anilines is 1. The van der Waals surface area contributed by atoms with E-state index in [1.807, 2.05) is 24.6 Å². The highest BCUT2D eigenvalue weighted by Crippen LogP contribution is 2.19. The third kappa shape index (κ3) is 2.04. The van der Waals surface area contributed by atoms with Crippen molar-refractivity contribution in [3.63, 3.8) is 0 Å². The van der Waals surface area contributed by atoms with Crippen molar-refractivity contribution < 1.29 is 14.3 Å². The first-order chi connectivity index (χ1) is 8.52. The lowest BCUT2D eigenvalue weighted by Crippen LogP contribution is -2.23. The number of hydrogen-bond donors (Lipinski definition) is 1. The zero-order valence-corrected chi connectivity index (χ0v) is 10.4. The molecule has 1 aromatic heterocycles. The van der Waals surface area contributed by atoms with E-state index in [4.69, 9.17) is 0 Å². The highest BCUT2D eigenvalue weighted by Gasteiger charge is 2.14. The van der Waals surface area contributed by atoms with Crippen LogP contribution < -0.4 is 5.32 Å². The van der Waals surface area contributed by atoms with Gasteiger partial charge in [0.15, 0.2) is 0 Å².